The summed E-state index contributed by atoms with van der Waals surface area (Å²) in [5.74, 6) is 0.657. The molecule has 0 radical (unpaired) electrons. The summed E-state index contributed by atoms with van der Waals surface area (Å²) in [5.41, 5.74) is 1.11. The van der Waals surface area contributed by atoms with Gasteiger partial charge < -0.3 is 5.32 Å². The van der Waals surface area contributed by atoms with Gasteiger partial charge in [-0.25, -0.2) is 13.6 Å². The van der Waals surface area contributed by atoms with E-state index >= 15 is 0 Å². The third-order valence-electron chi connectivity index (χ3n) is 3.63. The van der Waals surface area contributed by atoms with Gasteiger partial charge in [0.25, 0.3) is 0 Å². The molecule has 0 heterocycles. The first-order valence-electron chi connectivity index (χ1n) is 6.69. The lowest BCUT2D eigenvalue weighted by Crippen LogP contribution is -2.33. The van der Waals surface area contributed by atoms with E-state index in [1.807, 2.05) is 12.1 Å². The van der Waals surface area contributed by atoms with E-state index in [1.54, 1.807) is 12.1 Å². The van der Waals surface area contributed by atoms with Gasteiger partial charge in [-0.3, -0.25) is 0 Å². The standard InChI is InChI=1S/C14H24N2O2S/c1-4-11(2)12(3)16-10-9-13-5-7-14(8-6-13)19(15,17)18/h5-8,11-12,16H,4,9-10H2,1-3H3,(H2,15,17,18). The fourth-order valence-corrected chi connectivity index (χ4v) is 2.36. The van der Waals surface area contributed by atoms with Crippen molar-refractivity contribution < 1.29 is 8.42 Å². The number of benzene rings is 1. The first-order chi connectivity index (χ1) is 8.84. The van der Waals surface area contributed by atoms with Crippen molar-refractivity contribution in [2.45, 2.75) is 44.6 Å². The summed E-state index contributed by atoms with van der Waals surface area (Å²) in [4.78, 5) is 0.164. The van der Waals surface area contributed by atoms with Crippen LogP contribution in [0, 0.1) is 5.92 Å². The molecule has 0 aliphatic carbocycles. The predicted molar refractivity (Wildman–Crippen MR) is 78.4 cm³/mol. The van der Waals surface area contributed by atoms with Crippen molar-refractivity contribution in [1.29, 1.82) is 0 Å². The second-order valence-electron chi connectivity index (χ2n) is 5.07. The minimum atomic E-state index is -3.58. The van der Waals surface area contributed by atoms with Gasteiger partial charge in [-0.05, 0) is 43.5 Å². The Morgan fingerprint density at radius 1 is 1.21 bits per heavy atom. The fourth-order valence-electron chi connectivity index (χ4n) is 1.84. The van der Waals surface area contributed by atoms with E-state index in [2.05, 4.69) is 26.1 Å². The van der Waals surface area contributed by atoms with Crippen LogP contribution >= 0.6 is 0 Å². The van der Waals surface area contributed by atoms with Crippen molar-refractivity contribution in [1.82, 2.24) is 5.32 Å². The smallest absolute Gasteiger partial charge is 0.238 e. The lowest BCUT2D eigenvalue weighted by Gasteiger charge is -2.19. The third-order valence-corrected chi connectivity index (χ3v) is 4.56. The van der Waals surface area contributed by atoms with E-state index < -0.39 is 10.0 Å². The van der Waals surface area contributed by atoms with Gasteiger partial charge in [-0.15, -0.1) is 0 Å². The van der Waals surface area contributed by atoms with E-state index in [9.17, 15) is 8.42 Å². The molecule has 1 aromatic carbocycles. The Labute approximate surface area is 116 Å². The molecule has 0 aromatic heterocycles. The SMILES string of the molecule is CCC(C)C(C)NCCc1ccc(S(N)(=O)=O)cc1. The average molecular weight is 284 g/mol. The van der Waals surface area contributed by atoms with Crippen LogP contribution in [0.3, 0.4) is 0 Å². The largest absolute Gasteiger partial charge is 0.314 e. The zero-order valence-electron chi connectivity index (χ0n) is 11.9. The summed E-state index contributed by atoms with van der Waals surface area (Å²) in [7, 11) is -3.58. The van der Waals surface area contributed by atoms with Crippen LogP contribution < -0.4 is 10.5 Å². The quantitative estimate of drug-likeness (QED) is 0.803. The van der Waals surface area contributed by atoms with Crippen molar-refractivity contribution >= 4 is 10.0 Å². The maximum Gasteiger partial charge on any atom is 0.238 e. The third kappa shape index (κ3) is 5.30. The van der Waals surface area contributed by atoms with Crippen LogP contribution in [0.2, 0.25) is 0 Å². The molecule has 3 N–H and O–H groups in total. The Morgan fingerprint density at radius 3 is 2.26 bits per heavy atom. The number of nitrogens with two attached hydrogens (primary N) is 1. The Kier molecular flexibility index (Phi) is 5.97. The highest BCUT2D eigenvalue weighted by atomic mass is 32.2. The Morgan fingerprint density at radius 2 is 1.79 bits per heavy atom. The fraction of sp³-hybridized carbons (Fsp3) is 0.571. The van der Waals surface area contributed by atoms with E-state index in [4.69, 9.17) is 5.14 Å². The van der Waals surface area contributed by atoms with E-state index in [0.29, 0.717) is 12.0 Å². The van der Waals surface area contributed by atoms with Gasteiger partial charge in [0.05, 0.1) is 4.90 Å². The van der Waals surface area contributed by atoms with Crippen molar-refractivity contribution in [2.75, 3.05) is 6.54 Å². The van der Waals surface area contributed by atoms with Crippen LogP contribution in [0.25, 0.3) is 0 Å². The zero-order valence-corrected chi connectivity index (χ0v) is 12.7. The molecule has 0 saturated heterocycles. The van der Waals surface area contributed by atoms with Gasteiger partial charge in [0.1, 0.15) is 0 Å². The van der Waals surface area contributed by atoms with Gasteiger partial charge in [0.15, 0.2) is 0 Å². The molecule has 0 fully saturated rings. The van der Waals surface area contributed by atoms with Crippen molar-refractivity contribution in [3.63, 3.8) is 0 Å². The summed E-state index contributed by atoms with van der Waals surface area (Å²) in [6.45, 7) is 7.51. The first-order valence-corrected chi connectivity index (χ1v) is 8.24. The molecule has 2 atom stereocenters. The van der Waals surface area contributed by atoms with E-state index in [-0.39, 0.29) is 4.90 Å². The molecule has 5 heteroatoms. The molecule has 1 aromatic rings. The van der Waals surface area contributed by atoms with Gasteiger partial charge in [0.2, 0.25) is 10.0 Å². The molecular formula is C14H24N2O2S. The molecule has 2 unspecified atom stereocenters. The van der Waals surface area contributed by atoms with Crippen molar-refractivity contribution in [3.05, 3.63) is 29.8 Å². The predicted octanol–water partition coefficient (Wildman–Crippen LogP) is 1.90. The Hall–Kier alpha value is -0.910. The van der Waals surface area contributed by atoms with Crippen LogP contribution in [-0.2, 0) is 16.4 Å². The lowest BCUT2D eigenvalue weighted by molar-refractivity contribution is 0.393. The number of sulfonamides is 1. The highest BCUT2D eigenvalue weighted by Crippen LogP contribution is 2.10. The van der Waals surface area contributed by atoms with Gasteiger partial charge in [-0.2, -0.15) is 0 Å². The monoisotopic (exact) mass is 284 g/mol. The minimum Gasteiger partial charge on any atom is -0.314 e. The number of rotatable bonds is 7. The molecule has 4 nitrogen and oxygen atoms in total. The van der Waals surface area contributed by atoms with Gasteiger partial charge in [0, 0.05) is 6.04 Å². The zero-order chi connectivity index (χ0) is 14.5. The van der Waals surface area contributed by atoms with Crippen molar-refractivity contribution in [2.24, 2.45) is 11.1 Å². The molecule has 0 spiro atoms. The van der Waals surface area contributed by atoms with E-state index in [0.717, 1.165) is 24.9 Å². The van der Waals surface area contributed by atoms with Gasteiger partial charge >= 0.3 is 0 Å². The molecular weight excluding hydrogens is 260 g/mol. The average Bonchev–Trinajstić information content (AvgIpc) is 2.37. The number of primary sulfonamides is 1. The molecule has 0 aliphatic heterocycles. The molecule has 0 bridgehead atoms. The first kappa shape index (κ1) is 16.1. The Balaban J connectivity index is 2.47. The molecule has 0 saturated carbocycles. The summed E-state index contributed by atoms with van der Waals surface area (Å²) in [6, 6.07) is 7.24. The van der Waals surface area contributed by atoms with Crippen LogP contribution in [0.1, 0.15) is 32.8 Å². The lowest BCUT2D eigenvalue weighted by atomic mass is 10.0. The summed E-state index contributed by atoms with van der Waals surface area (Å²) in [5, 5.41) is 8.54. The maximum absolute atomic E-state index is 11.1. The van der Waals surface area contributed by atoms with Crippen LogP contribution in [0.15, 0.2) is 29.2 Å². The summed E-state index contributed by atoms with van der Waals surface area (Å²) >= 11 is 0. The second kappa shape index (κ2) is 7.03. The molecule has 108 valence electrons. The Bertz CT molecular complexity index is 483. The second-order valence-corrected chi connectivity index (χ2v) is 6.63. The summed E-state index contributed by atoms with van der Waals surface area (Å²) < 4.78 is 22.2. The van der Waals surface area contributed by atoms with E-state index in [1.165, 1.54) is 0 Å². The van der Waals surface area contributed by atoms with Crippen LogP contribution in [0.5, 0.6) is 0 Å². The highest BCUT2D eigenvalue weighted by Gasteiger charge is 2.09. The summed E-state index contributed by atoms with van der Waals surface area (Å²) in [6.07, 6.45) is 2.04. The normalized spacial score (nSPS) is 15.2. The number of hydrogen-bond donors (Lipinski definition) is 2. The maximum atomic E-state index is 11.1. The molecule has 0 amide bonds. The highest BCUT2D eigenvalue weighted by molar-refractivity contribution is 7.89. The number of hydrogen-bond acceptors (Lipinski definition) is 3. The number of nitrogens with one attached hydrogen (secondary N) is 1. The molecule has 0 aliphatic rings. The minimum absolute atomic E-state index is 0.164. The topological polar surface area (TPSA) is 72.2 Å². The van der Waals surface area contributed by atoms with Gasteiger partial charge in [-0.1, -0.05) is 32.4 Å². The van der Waals surface area contributed by atoms with Crippen LogP contribution in [0.4, 0.5) is 0 Å². The molecule has 1 rings (SSSR count). The van der Waals surface area contributed by atoms with Crippen LogP contribution in [-0.4, -0.2) is 21.0 Å². The molecule has 19 heavy (non-hydrogen) atoms. The van der Waals surface area contributed by atoms with Crippen molar-refractivity contribution in [3.8, 4) is 0 Å².